The molecular weight excluding hydrogens is 337 g/mol. The van der Waals surface area contributed by atoms with Gasteiger partial charge in [-0.05, 0) is 30.7 Å². The SMILES string of the molecule is Cc1cc(C(F)(F)F)ccc1O[C@@H]1O[C@H](C(=O)O)[C@@H](O)[C@H](O)[C@H]1O. The van der Waals surface area contributed by atoms with Gasteiger partial charge in [0.05, 0.1) is 5.56 Å². The minimum Gasteiger partial charge on any atom is -0.479 e. The van der Waals surface area contributed by atoms with Gasteiger partial charge in [0, 0.05) is 0 Å². The zero-order chi connectivity index (χ0) is 18.2. The van der Waals surface area contributed by atoms with E-state index in [1.165, 1.54) is 6.92 Å². The number of aliphatic carboxylic acids is 1. The van der Waals surface area contributed by atoms with Gasteiger partial charge in [-0.25, -0.2) is 4.79 Å². The fraction of sp³-hybridized carbons (Fsp3) is 0.500. The minimum absolute atomic E-state index is 0.0631. The van der Waals surface area contributed by atoms with Crippen LogP contribution in [0.2, 0.25) is 0 Å². The van der Waals surface area contributed by atoms with Crippen molar-refractivity contribution in [3.63, 3.8) is 0 Å². The molecule has 1 heterocycles. The molecule has 134 valence electrons. The summed E-state index contributed by atoms with van der Waals surface area (Å²) in [7, 11) is 0. The van der Waals surface area contributed by atoms with E-state index in [2.05, 4.69) is 0 Å². The van der Waals surface area contributed by atoms with Crippen LogP contribution in [-0.4, -0.2) is 57.1 Å². The number of alkyl halides is 3. The third-order valence-electron chi connectivity index (χ3n) is 3.56. The second kappa shape index (κ2) is 6.55. The topological polar surface area (TPSA) is 116 Å². The highest BCUT2D eigenvalue weighted by molar-refractivity contribution is 5.73. The Balaban J connectivity index is 2.22. The Kier molecular flexibility index (Phi) is 5.04. The lowest BCUT2D eigenvalue weighted by Crippen LogP contribution is -2.61. The molecule has 24 heavy (non-hydrogen) atoms. The maximum atomic E-state index is 12.6. The number of aliphatic hydroxyl groups is 3. The van der Waals surface area contributed by atoms with Crippen molar-refractivity contribution in [3.8, 4) is 5.75 Å². The third kappa shape index (κ3) is 3.61. The smallest absolute Gasteiger partial charge is 0.416 e. The number of ether oxygens (including phenoxy) is 2. The van der Waals surface area contributed by atoms with E-state index in [1.54, 1.807) is 0 Å². The molecule has 0 spiro atoms. The fourth-order valence-corrected chi connectivity index (χ4v) is 2.23. The predicted octanol–water partition coefficient (Wildman–Crippen LogP) is 0.285. The van der Waals surface area contributed by atoms with Crippen molar-refractivity contribution in [2.45, 2.75) is 43.8 Å². The normalized spacial score (nSPS) is 30.9. The third-order valence-corrected chi connectivity index (χ3v) is 3.56. The van der Waals surface area contributed by atoms with Crippen molar-refractivity contribution in [1.29, 1.82) is 0 Å². The van der Waals surface area contributed by atoms with Crippen molar-refractivity contribution < 1.29 is 47.9 Å². The molecule has 0 bridgehead atoms. The van der Waals surface area contributed by atoms with Crippen molar-refractivity contribution >= 4 is 5.97 Å². The molecule has 0 aromatic heterocycles. The predicted molar refractivity (Wildman–Crippen MR) is 71.1 cm³/mol. The summed E-state index contributed by atoms with van der Waals surface area (Å²) in [6.07, 6.45) is -13.6. The Labute approximate surface area is 133 Å². The fourth-order valence-electron chi connectivity index (χ4n) is 2.23. The van der Waals surface area contributed by atoms with E-state index in [0.717, 1.165) is 18.2 Å². The van der Waals surface area contributed by atoms with Gasteiger partial charge in [-0.15, -0.1) is 0 Å². The Morgan fingerprint density at radius 2 is 1.79 bits per heavy atom. The summed E-state index contributed by atoms with van der Waals surface area (Å²) in [5.41, 5.74) is -0.843. The Hall–Kier alpha value is -1.88. The van der Waals surface area contributed by atoms with Gasteiger partial charge in [-0.3, -0.25) is 0 Å². The average Bonchev–Trinajstić information content (AvgIpc) is 2.48. The summed E-state index contributed by atoms with van der Waals surface area (Å²) in [5.74, 6) is -1.69. The van der Waals surface area contributed by atoms with Crippen LogP contribution in [0.4, 0.5) is 13.2 Å². The molecule has 7 nitrogen and oxygen atoms in total. The van der Waals surface area contributed by atoms with Crippen LogP contribution >= 0.6 is 0 Å². The number of benzene rings is 1. The highest BCUT2D eigenvalue weighted by Crippen LogP contribution is 2.33. The first-order valence-electron chi connectivity index (χ1n) is 6.79. The van der Waals surface area contributed by atoms with Gasteiger partial charge >= 0.3 is 12.1 Å². The zero-order valence-corrected chi connectivity index (χ0v) is 12.3. The molecule has 5 atom stereocenters. The molecule has 4 N–H and O–H groups in total. The molecule has 1 saturated heterocycles. The lowest BCUT2D eigenvalue weighted by atomic mass is 9.99. The summed E-state index contributed by atoms with van der Waals surface area (Å²) in [5, 5.41) is 37.9. The monoisotopic (exact) mass is 352 g/mol. The Morgan fingerprint density at radius 1 is 1.17 bits per heavy atom. The second-order valence-corrected chi connectivity index (χ2v) is 5.33. The van der Waals surface area contributed by atoms with E-state index >= 15 is 0 Å². The molecule has 1 aromatic carbocycles. The quantitative estimate of drug-likeness (QED) is 0.618. The van der Waals surface area contributed by atoms with Crippen molar-refractivity contribution in [3.05, 3.63) is 29.3 Å². The summed E-state index contributed by atoms with van der Waals surface area (Å²) in [6.45, 7) is 1.32. The van der Waals surface area contributed by atoms with Crippen molar-refractivity contribution in [1.82, 2.24) is 0 Å². The first kappa shape index (κ1) is 18.5. The van der Waals surface area contributed by atoms with Gasteiger partial charge in [0.2, 0.25) is 6.29 Å². The van der Waals surface area contributed by atoms with E-state index < -0.39 is 48.4 Å². The van der Waals surface area contributed by atoms with E-state index in [4.69, 9.17) is 14.6 Å². The number of hydrogen-bond donors (Lipinski definition) is 4. The van der Waals surface area contributed by atoms with Gasteiger partial charge in [-0.2, -0.15) is 13.2 Å². The van der Waals surface area contributed by atoms with Crippen molar-refractivity contribution in [2.75, 3.05) is 0 Å². The van der Waals surface area contributed by atoms with Gasteiger partial charge < -0.3 is 29.9 Å². The number of carboxylic acids is 1. The number of aliphatic hydroxyl groups excluding tert-OH is 3. The van der Waals surface area contributed by atoms with E-state index in [1.807, 2.05) is 0 Å². The largest absolute Gasteiger partial charge is 0.479 e. The first-order valence-corrected chi connectivity index (χ1v) is 6.79. The number of carboxylic acid groups (broad SMARTS) is 1. The number of carbonyl (C=O) groups is 1. The van der Waals surface area contributed by atoms with Gasteiger partial charge in [0.15, 0.2) is 6.10 Å². The molecule has 1 aliphatic heterocycles. The molecule has 10 heteroatoms. The molecule has 1 aromatic rings. The standard InChI is InChI=1S/C14H15F3O7/c1-5-4-6(14(15,16)17)2-3-7(5)23-13-10(20)8(18)9(19)11(24-13)12(21)22/h2-4,8-11,13,18-20H,1H3,(H,21,22)/t8-,9-,10+,11-,13+/m0/s1. The summed E-state index contributed by atoms with van der Waals surface area (Å²) in [6, 6.07) is 2.55. The van der Waals surface area contributed by atoms with Crippen LogP contribution in [0.1, 0.15) is 11.1 Å². The first-order chi connectivity index (χ1) is 11.0. The summed E-state index contributed by atoms with van der Waals surface area (Å²) in [4.78, 5) is 11.0. The molecule has 0 amide bonds. The molecule has 2 rings (SSSR count). The molecule has 1 fully saturated rings. The highest BCUT2D eigenvalue weighted by atomic mass is 19.4. The number of halogens is 3. The van der Waals surface area contributed by atoms with Crippen LogP contribution in [-0.2, 0) is 15.7 Å². The Morgan fingerprint density at radius 3 is 2.29 bits per heavy atom. The lowest BCUT2D eigenvalue weighted by Gasteiger charge is -2.38. The second-order valence-electron chi connectivity index (χ2n) is 5.33. The molecule has 1 aliphatic rings. The maximum absolute atomic E-state index is 12.6. The maximum Gasteiger partial charge on any atom is 0.416 e. The molecule has 0 radical (unpaired) electrons. The summed E-state index contributed by atoms with van der Waals surface area (Å²) < 4.78 is 48.0. The van der Waals surface area contributed by atoms with E-state index in [-0.39, 0.29) is 11.3 Å². The average molecular weight is 352 g/mol. The van der Waals surface area contributed by atoms with Crippen LogP contribution in [0.3, 0.4) is 0 Å². The minimum atomic E-state index is -4.54. The lowest BCUT2D eigenvalue weighted by molar-refractivity contribution is -0.271. The van der Waals surface area contributed by atoms with Crippen LogP contribution in [0.25, 0.3) is 0 Å². The highest BCUT2D eigenvalue weighted by Gasteiger charge is 2.48. The van der Waals surface area contributed by atoms with Crippen LogP contribution in [0, 0.1) is 6.92 Å². The molecule has 0 unspecified atom stereocenters. The molecule has 0 saturated carbocycles. The zero-order valence-electron chi connectivity index (χ0n) is 12.3. The van der Waals surface area contributed by atoms with E-state index in [9.17, 15) is 33.3 Å². The number of hydrogen-bond acceptors (Lipinski definition) is 6. The Bertz CT molecular complexity index is 619. The van der Waals surface area contributed by atoms with Crippen LogP contribution in [0.15, 0.2) is 18.2 Å². The van der Waals surface area contributed by atoms with E-state index in [0.29, 0.717) is 0 Å². The molecular formula is C14H15F3O7. The van der Waals surface area contributed by atoms with Gasteiger partial charge in [-0.1, -0.05) is 0 Å². The number of aryl methyl sites for hydroxylation is 1. The number of rotatable bonds is 3. The van der Waals surface area contributed by atoms with Crippen LogP contribution in [0.5, 0.6) is 5.75 Å². The molecule has 0 aliphatic carbocycles. The van der Waals surface area contributed by atoms with Gasteiger partial charge in [0.1, 0.15) is 24.1 Å². The van der Waals surface area contributed by atoms with Crippen molar-refractivity contribution in [2.24, 2.45) is 0 Å². The van der Waals surface area contributed by atoms with Gasteiger partial charge in [0.25, 0.3) is 0 Å². The summed E-state index contributed by atoms with van der Waals surface area (Å²) >= 11 is 0. The van der Waals surface area contributed by atoms with Crippen LogP contribution < -0.4 is 4.74 Å².